The minimum atomic E-state index is 0.0861. The number of allylic oxidation sites excluding steroid dienone is 2. The van der Waals surface area contributed by atoms with Crippen molar-refractivity contribution >= 4 is 11.9 Å². The SMILES string of the molecule is C1=CCC(c2cc(C3=NCC(c4ccccc4)C=C3)cc(-c3cc(-c4ccccc4)nc(-c4ccccc4)c3)c2)N=C1. The van der Waals surface area contributed by atoms with Crippen LogP contribution in [0.4, 0.5) is 0 Å². The predicted molar refractivity (Wildman–Crippen MR) is 175 cm³/mol. The second-order valence-electron chi connectivity index (χ2n) is 10.8. The molecule has 2 unspecified atom stereocenters. The first kappa shape index (κ1) is 25.8. The summed E-state index contributed by atoms with van der Waals surface area (Å²) < 4.78 is 0. The number of aromatic nitrogens is 1. The molecule has 5 aromatic rings. The maximum atomic E-state index is 5.09. The summed E-state index contributed by atoms with van der Waals surface area (Å²) >= 11 is 0. The molecule has 0 N–H and O–H groups in total. The Morgan fingerprint density at radius 3 is 1.79 bits per heavy atom. The van der Waals surface area contributed by atoms with Crippen molar-refractivity contribution < 1.29 is 0 Å². The molecular formula is C39H31N3. The zero-order valence-electron chi connectivity index (χ0n) is 23.3. The van der Waals surface area contributed by atoms with E-state index < -0.39 is 0 Å². The second-order valence-corrected chi connectivity index (χ2v) is 10.8. The first-order valence-electron chi connectivity index (χ1n) is 14.5. The van der Waals surface area contributed by atoms with Crippen LogP contribution in [0.3, 0.4) is 0 Å². The molecule has 3 heterocycles. The summed E-state index contributed by atoms with van der Waals surface area (Å²) in [6.45, 7) is 0.741. The number of dihydropyridines is 2. The smallest absolute Gasteiger partial charge is 0.0783 e. The number of nitrogens with zero attached hydrogens (tertiary/aromatic N) is 3. The average molecular weight is 542 g/mol. The first-order chi connectivity index (χ1) is 20.8. The summed E-state index contributed by atoms with van der Waals surface area (Å²) in [7, 11) is 0. The molecule has 0 amide bonds. The molecule has 2 atom stereocenters. The quantitative estimate of drug-likeness (QED) is 0.211. The third-order valence-electron chi connectivity index (χ3n) is 7.95. The number of hydrogen-bond donors (Lipinski definition) is 0. The number of rotatable bonds is 6. The third kappa shape index (κ3) is 5.55. The Labute approximate surface area is 247 Å². The molecular weight excluding hydrogens is 510 g/mol. The summed E-state index contributed by atoms with van der Waals surface area (Å²) in [5.74, 6) is 0.299. The topological polar surface area (TPSA) is 37.6 Å². The number of pyridine rings is 1. The largest absolute Gasteiger partial charge is 0.285 e. The van der Waals surface area contributed by atoms with E-state index >= 15 is 0 Å². The fourth-order valence-corrected chi connectivity index (χ4v) is 5.70. The monoisotopic (exact) mass is 541 g/mol. The highest BCUT2D eigenvalue weighted by Crippen LogP contribution is 2.35. The van der Waals surface area contributed by atoms with Crippen molar-refractivity contribution in [3.8, 4) is 33.6 Å². The molecule has 7 rings (SSSR count). The fourth-order valence-electron chi connectivity index (χ4n) is 5.70. The molecule has 0 spiro atoms. The van der Waals surface area contributed by atoms with Gasteiger partial charge in [0.2, 0.25) is 0 Å². The van der Waals surface area contributed by atoms with Crippen LogP contribution in [-0.2, 0) is 0 Å². The van der Waals surface area contributed by atoms with Gasteiger partial charge >= 0.3 is 0 Å². The van der Waals surface area contributed by atoms with Crippen LogP contribution >= 0.6 is 0 Å². The fraction of sp³-hybridized carbons (Fsp3) is 0.103. The Morgan fingerprint density at radius 2 is 1.19 bits per heavy atom. The van der Waals surface area contributed by atoms with Crippen LogP contribution < -0.4 is 0 Å². The summed E-state index contributed by atoms with van der Waals surface area (Å²) in [5.41, 5.74) is 11.0. The van der Waals surface area contributed by atoms with E-state index in [2.05, 4.69) is 127 Å². The van der Waals surface area contributed by atoms with E-state index in [0.29, 0.717) is 5.92 Å². The lowest BCUT2D eigenvalue weighted by Crippen LogP contribution is -2.11. The van der Waals surface area contributed by atoms with Gasteiger partial charge in [0.05, 0.1) is 23.1 Å². The van der Waals surface area contributed by atoms with Crippen LogP contribution in [0.2, 0.25) is 0 Å². The third-order valence-corrected chi connectivity index (χ3v) is 7.95. The number of benzene rings is 4. The van der Waals surface area contributed by atoms with Gasteiger partial charge in [0.1, 0.15) is 0 Å². The van der Waals surface area contributed by atoms with E-state index in [-0.39, 0.29) is 6.04 Å². The lowest BCUT2D eigenvalue weighted by atomic mass is 9.90. The van der Waals surface area contributed by atoms with Gasteiger partial charge < -0.3 is 0 Å². The van der Waals surface area contributed by atoms with Gasteiger partial charge in [-0.2, -0.15) is 0 Å². The van der Waals surface area contributed by atoms with E-state index in [1.807, 2.05) is 24.4 Å². The normalized spacial score (nSPS) is 17.7. The van der Waals surface area contributed by atoms with E-state index in [1.54, 1.807) is 0 Å². The number of hydrogen-bond acceptors (Lipinski definition) is 3. The highest BCUT2D eigenvalue weighted by atomic mass is 14.8. The summed E-state index contributed by atoms with van der Waals surface area (Å²) in [6.07, 6.45) is 11.5. The highest BCUT2D eigenvalue weighted by molar-refractivity contribution is 6.10. The van der Waals surface area contributed by atoms with Gasteiger partial charge in [-0.25, -0.2) is 4.98 Å². The zero-order chi connectivity index (χ0) is 28.1. The lowest BCUT2D eigenvalue weighted by molar-refractivity contribution is 0.741. The predicted octanol–water partition coefficient (Wildman–Crippen LogP) is 9.30. The molecule has 42 heavy (non-hydrogen) atoms. The van der Waals surface area contributed by atoms with E-state index in [0.717, 1.165) is 57.9 Å². The van der Waals surface area contributed by atoms with Crippen LogP contribution in [0.25, 0.3) is 33.6 Å². The molecule has 0 fully saturated rings. The zero-order valence-corrected chi connectivity index (χ0v) is 23.3. The van der Waals surface area contributed by atoms with Gasteiger partial charge in [-0.05, 0) is 71.2 Å². The van der Waals surface area contributed by atoms with Crippen LogP contribution in [0.15, 0.2) is 156 Å². The Morgan fingerprint density at radius 1 is 0.571 bits per heavy atom. The van der Waals surface area contributed by atoms with Crippen molar-refractivity contribution in [3.63, 3.8) is 0 Å². The average Bonchev–Trinajstić information content (AvgIpc) is 3.09. The maximum absolute atomic E-state index is 5.09. The standard InChI is InChI=1S/C39H31N3/c1-4-12-28(13-5-1)31-19-20-37(41-27-31)35-23-32(22-34(24-35)36-18-10-11-21-40-36)33-25-38(29-14-6-2-7-15-29)42-39(26-33)30-16-8-3-9-17-30/h1-17,19-26,31,36H,18,27H2. The Hall–Kier alpha value is -5.15. The molecule has 0 bridgehead atoms. The summed E-state index contributed by atoms with van der Waals surface area (Å²) in [5, 5.41) is 0. The molecule has 0 saturated carbocycles. The van der Waals surface area contributed by atoms with Crippen LogP contribution in [0.1, 0.15) is 35.1 Å². The Kier molecular flexibility index (Phi) is 7.22. The second kappa shape index (κ2) is 11.8. The van der Waals surface area contributed by atoms with Gasteiger partial charge in [0, 0.05) is 35.4 Å². The molecule has 3 nitrogen and oxygen atoms in total. The molecule has 2 aliphatic heterocycles. The van der Waals surface area contributed by atoms with E-state index in [1.165, 1.54) is 11.1 Å². The van der Waals surface area contributed by atoms with E-state index in [4.69, 9.17) is 15.0 Å². The van der Waals surface area contributed by atoms with Gasteiger partial charge in [0.15, 0.2) is 0 Å². The van der Waals surface area contributed by atoms with Crippen LogP contribution in [0.5, 0.6) is 0 Å². The van der Waals surface area contributed by atoms with Gasteiger partial charge in [-0.15, -0.1) is 0 Å². The van der Waals surface area contributed by atoms with Crippen molar-refractivity contribution in [2.45, 2.75) is 18.4 Å². The van der Waals surface area contributed by atoms with Crippen molar-refractivity contribution in [2.24, 2.45) is 9.98 Å². The molecule has 4 aromatic carbocycles. The van der Waals surface area contributed by atoms with Crippen molar-refractivity contribution in [1.82, 2.24) is 4.98 Å². The Balaban J connectivity index is 1.34. The summed E-state index contributed by atoms with van der Waals surface area (Å²) in [4.78, 5) is 15.0. The molecule has 1 aromatic heterocycles. The van der Waals surface area contributed by atoms with Gasteiger partial charge in [-0.1, -0.05) is 103 Å². The Bertz CT molecular complexity index is 1760. The van der Waals surface area contributed by atoms with Crippen molar-refractivity contribution in [2.75, 3.05) is 6.54 Å². The minimum absolute atomic E-state index is 0.0861. The first-order valence-corrected chi connectivity index (χ1v) is 14.5. The molecule has 0 saturated heterocycles. The van der Waals surface area contributed by atoms with E-state index in [9.17, 15) is 0 Å². The highest BCUT2D eigenvalue weighted by Gasteiger charge is 2.18. The lowest BCUT2D eigenvalue weighted by Gasteiger charge is -2.20. The van der Waals surface area contributed by atoms with Crippen molar-refractivity contribution in [3.05, 3.63) is 162 Å². The number of aliphatic imine (C=N–C) groups is 2. The van der Waals surface area contributed by atoms with Gasteiger partial charge in [0.25, 0.3) is 0 Å². The maximum Gasteiger partial charge on any atom is 0.0783 e. The van der Waals surface area contributed by atoms with Crippen LogP contribution in [0, 0.1) is 0 Å². The van der Waals surface area contributed by atoms with Crippen LogP contribution in [-0.4, -0.2) is 23.5 Å². The molecule has 202 valence electrons. The van der Waals surface area contributed by atoms with Gasteiger partial charge in [-0.3, -0.25) is 9.98 Å². The van der Waals surface area contributed by atoms with Crippen molar-refractivity contribution in [1.29, 1.82) is 0 Å². The molecule has 0 radical (unpaired) electrons. The molecule has 0 aliphatic carbocycles. The minimum Gasteiger partial charge on any atom is -0.285 e. The molecule has 3 heteroatoms. The summed E-state index contributed by atoms with van der Waals surface area (Å²) in [6, 6.07) is 42.8. The molecule has 2 aliphatic rings.